The minimum Gasteiger partial charge on any atom is -0.379 e. The van der Waals surface area contributed by atoms with Crippen LogP contribution in [-0.2, 0) is 11.3 Å². The highest BCUT2D eigenvalue weighted by atomic mass is 32.1. The van der Waals surface area contributed by atoms with Gasteiger partial charge in [0.05, 0.1) is 11.1 Å². The van der Waals surface area contributed by atoms with Crippen LogP contribution in [0.4, 0.5) is 0 Å². The van der Waals surface area contributed by atoms with Crippen molar-refractivity contribution in [2.75, 3.05) is 13.2 Å². The van der Waals surface area contributed by atoms with Crippen LogP contribution in [0, 0.1) is 6.92 Å². The van der Waals surface area contributed by atoms with Gasteiger partial charge in [0.1, 0.15) is 0 Å². The number of hydrogen-bond acceptors (Lipinski definition) is 4. The Hall–Kier alpha value is -0.450. The molecule has 92 valence electrons. The fourth-order valence-corrected chi connectivity index (χ4v) is 2.13. The van der Waals surface area contributed by atoms with E-state index in [2.05, 4.69) is 24.1 Å². The maximum absolute atomic E-state index is 5.47. The lowest BCUT2D eigenvalue weighted by molar-refractivity contribution is 0.0760. The Morgan fingerprint density at radius 2 is 2.25 bits per heavy atom. The Labute approximate surface area is 102 Å². The van der Waals surface area contributed by atoms with E-state index in [0.717, 1.165) is 31.1 Å². The lowest BCUT2D eigenvalue weighted by Crippen LogP contribution is -2.14. The van der Waals surface area contributed by atoms with Crippen molar-refractivity contribution in [2.24, 2.45) is 0 Å². The molecule has 16 heavy (non-hydrogen) atoms. The zero-order valence-electron chi connectivity index (χ0n) is 10.5. The van der Waals surface area contributed by atoms with Gasteiger partial charge in [-0.2, -0.15) is 0 Å². The van der Waals surface area contributed by atoms with E-state index >= 15 is 0 Å². The standard InChI is InChI=1S/C12H22N2OS/c1-10(2)15-7-5-4-6-13-8-12-9-14-11(3)16-12/h9-10,13H,4-8H2,1-3H3. The number of ether oxygens (including phenoxy) is 1. The van der Waals surface area contributed by atoms with Gasteiger partial charge in [0, 0.05) is 24.2 Å². The van der Waals surface area contributed by atoms with Gasteiger partial charge in [-0.1, -0.05) is 0 Å². The van der Waals surface area contributed by atoms with E-state index < -0.39 is 0 Å². The monoisotopic (exact) mass is 242 g/mol. The predicted molar refractivity (Wildman–Crippen MR) is 68.9 cm³/mol. The van der Waals surface area contributed by atoms with Crippen LogP contribution in [0.3, 0.4) is 0 Å². The van der Waals surface area contributed by atoms with Crippen LogP contribution in [0.25, 0.3) is 0 Å². The van der Waals surface area contributed by atoms with Gasteiger partial charge < -0.3 is 10.1 Å². The molecule has 0 amide bonds. The average molecular weight is 242 g/mol. The molecule has 3 nitrogen and oxygen atoms in total. The minimum atomic E-state index is 0.355. The van der Waals surface area contributed by atoms with E-state index in [0.29, 0.717) is 6.10 Å². The second-order valence-corrected chi connectivity index (χ2v) is 5.47. The van der Waals surface area contributed by atoms with Gasteiger partial charge in [-0.3, -0.25) is 0 Å². The first-order valence-electron chi connectivity index (χ1n) is 5.92. The van der Waals surface area contributed by atoms with Gasteiger partial charge in [0.25, 0.3) is 0 Å². The molecule has 0 aliphatic carbocycles. The van der Waals surface area contributed by atoms with Crippen molar-refractivity contribution in [3.63, 3.8) is 0 Å². The highest BCUT2D eigenvalue weighted by molar-refractivity contribution is 7.11. The minimum absolute atomic E-state index is 0.355. The highest BCUT2D eigenvalue weighted by Crippen LogP contribution is 2.10. The number of nitrogens with zero attached hydrogens (tertiary/aromatic N) is 1. The number of rotatable bonds is 8. The van der Waals surface area contributed by atoms with Crippen LogP contribution in [0.15, 0.2) is 6.20 Å². The third-order valence-corrected chi connectivity index (χ3v) is 3.08. The SMILES string of the molecule is Cc1ncc(CNCCCCOC(C)C)s1. The van der Waals surface area contributed by atoms with Crippen molar-refractivity contribution >= 4 is 11.3 Å². The molecule has 0 saturated heterocycles. The number of unbranched alkanes of at least 4 members (excludes halogenated alkanes) is 1. The normalized spacial score (nSPS) is 11.2. The highest BCUT2D eigenvalue weighted by Gasteiger charge is 1.97. The summed E-state index contributed by atoms with van der Waals surface area (Å²) in [5.74, 6) is 0. The van der Waals surface area contributed by atoms with Gasteiger partial charge in [-0.05, 0) is 40.2 Å². The van der Waals surface area contributed by atoms with E-state index in [1.165, 1.54) is 11.3 Å². The molecule has 0 aliphatic heterocycles. The number of thiazole rings is 1. The van der Waals surface area contributed by atoms with Crippen LogP contribution >= 0.6 is 11.3 Å². The van der Waals surface area contributed by atoms with Crippen LogP contribution in [0.2, 0.25) is 0 Å². The summed E-state index contributed by atoms with van der Waals surface area (Å²) < 4.78 is 5.47. The summed E-state index contributed by atoms with van der Waals surface area (Å²) in [6, 6.07) is 0. The molecular weight excluding hydrogens is 220 g/mol. The molecular formula is C12H22N2OS. The Balaban J connectivity index is 1.92. The van der Waals surface area contributed by atoms with Gasteiger partial charge in [-0.25, -0.2) is 4.98 Å². The topological polar surface area (TPSA) is 34.2 Å². The fraction of sp³-hybridized carbons (Fsp3) is 0.750. The van der Waals surface area contributed by atoms with E-state index in [-0.39, 0.29) is 0 Å². The first-order chi connectivity index (χ1) is 7.68. The number of nitrogens with one attached hydrogen (secondary N) is 1. The molecule has 0 saturated carbocycles. The average Bonchev–Trinajstić information content (AvgIpc) is 2.62. The Bertz CT molecular complexity index is 286. The number of aryl methyl sites for hydroxylation is 1. The molecule has 0 bridgehead atoms. The van der Waals surface area contributed by atoms with Gasteiger partial charge in [0.2, 0.25) is 0 Å². The van der Waals surface area contributed by atoms with Crippen molar-refractivity contribution in [1.82, 2.24) is 10.3 Å². The zero-order chi connectivity index (χ0) is 11.8. The lowest BCUT2D eigenvalue weighted by Gasteiger charge is -2.07. The largest absolute Gasteiger partial charge is 0.379 e. The van der Waals surface area contributed by atoms with Gasteiger partial charge in [-0.15, -0.1) is 11.3 Å². The quantitative estimate of drug-likeness (QED) is 0.712. The van der Waals surface area contributed by atoms with Crippen LogP contribution in [-0.4, -0.2) is 24.2 Å². The molecule has 0 aliphatic rings. The van der Waals surface area contributed by atoms with E-state index in [1.54, 1.807) is 11.3 Å². The van der Waals surface area contributed by atoms with Crippen LogP contribution in [0.1, 0.15) is 36.6 Å². The third-order valence-electron chi connectivity index (χ3n) is 2.17. The summed E-state index contributed by atoms with van der Waals surface area (Å²) in [6.07, 6.45) is 4.61. The van der Waals surface area contributed by atoms with Crippen LogP contribution in [0.5, 0.6) is 0 Å². The summed E-state index contributed by atoms with van der Waals surface area (Å²) in [5, 5.41) is 4.56. The predicted octanol–water partition coefficient (Wildman–Crippen LogP) is 2.75. The second-order valence-electron chi connectivity index (χ2n) is 4.15. The zero-order valence-corrected chi connectivity index (χ0v) is 11.3. The molecule has 0 fully saturated rings. The lowest BCUT2D eigenvalue weighted by atomic mass is 10.3. The summed E-state index contributed by atoms with van der Waals surface area (Å²) in [5.41, 5.74) is 0. The molecule has 0 spiro atoms. The van der Waals surface area contributed by atoms with E-state index in [4.69, 9.17) is 4.74 Å². The Morgan fingerprint density at radius 1 is 1.44 bits per heavy atom. The van der Waals surface area contributed by atoms with Crippen molar-refractivity contribution in [3.8, 4) is 0 Å². The number of hydrogen-bond donors (Lipinski definition) is 1. The summed E-state index contributed by atoms with van der Waals surface area (Å²) in [4.78, 5) is 5.54. The first kappa shape index (κ1) is 13.6. The first-order valence-corrected chi connectivity index (χ1v) is 6.73. The Kier molecular flexibility index (Phi) is 6.61. The van der Waals surface area contributed by atoms with Crippen molar-refractivity contribution in [2.45, 2.75) is 46.3 Å². The molecule has 1 rings (SSSR count). The molecule has 0 atom stereocenters. The summed E-state index contributed by atoms with van der Waals surface area (Å²) in [6.45, 7) is 9.06. The van der Waals surface area contributed by atoms with Crippen molar-refractivity contribution in [3.05, 3.63) is 16.1 Å². The second kappa shape index (κ2) is 7.76. The maximum atomic E-state index is 5.47. The molecule has 4 heteroatoms. The van der Waals surface area contributed by atoms with Crippen molar-refractivity contribution in [1.29, 1.82) is 0 Å². The molecule has 1 aromatic rings. The summed E-state index contributed by atoms with van der Waals surface area (Å²) >= 11 is 1.76. The molecule has 0 unspecified atom stereocenters. The molecule has 1 heterocycles. The number of aromatic nitrogens is 1. The summed E-state index contributed by atoms with van der Waals surface area (Å²) in [7, 11) is 0. The van der Waals surface area contributed by atoms with Gasteiger partial charge >= 0.3 is 0 Å². The molecule has 1 aromatic heterocycles. The maximum Gasteiger partial charge on any atom is 0.0897 e. The fourth-order valence-electron chi connectivity index (χ4n) is 1.37. The van der Waals surface area contributed by atoms with Gasteiger partial charge in [0.15, 0.2) is 0 Å². The third kappa shape index (κ3) is 6.20. The van der Waals surface area contributed by atoms with Crippen molar-refractivity contribution < 1.29 is 4.74 Å². The van der Waals surface area contributed by atoms with Crippen LogP contribution < -0.4 is 5.32 Å². The molecule has 0 aromatic carbocycles. The Morgan fingerprint density at radius 3 is 2.88 bits per heavy atom. The molecule has 1 N–H and O–H groups in total. The smallest absolute Gasteiger partial charge is 0.0897 e. The molecule has 0 radical (unpaired) electrons. The van der Waals surface area contributed by atoms with E-state index in [1.807, 2.05) is 13.1 Å². The van der Waals surface area contributed by atoms with E-state index in [9.17, 15) is 0 Å².